The summed E-state index contributed by atoms with van der Waals surface area (Å²) in [5.41, 5.74) is 4.70. The van der Waals surface area contributed by atoms with E-state index >= 15 is 0 Å². The summed E-state index contributed by atoms with van der Waals surface area (Å²) in [6.07, 6.45) is 0. The van der Waals surface area contributed by atoms with Crippen LogP contribution in [-0.2, 0) is 11.3 Å². The topological polar surface area (TPSA) is 59.3 Å². The average molecular weight is 357 g/mol. The predicted molar refractivity (Wildman–Crippen MR) is 103 cm³/mol. The third-order valence-corrected chi connectivity index (χ3v) is 4.17. The second-order valence-electron chi connectivity index (χ2n) is 6.20. The van der Waals surface area contributed by atoms with Gasteiger partial charge in [-0.15, -0.1) is 0 Å². The molecule has 0 aromatic heterocycles. The minimum absolute atomic E-state index is 0.318. The first-order valence-corrected chi connectivity index (χ1v) is 8.51. The molecule has 0 saturated carbocycles. The van der Waals surface area contributed by atoms with Gasteiger partial charge in [0.1, 0.15) is 12.4 Å². The number of ether oxygens (including phenoxy) is 2. The highest BCUT2D eigenvalue weighted by Crippen LogP contribution is 2.25. The molecule has 0 N–H and O–H groups in total. The SMILES string of the molecule is COC(=O)c1cc(COc2ccc(C)cc2)cc(-c2cccc(C#N)c2)c1. The molecule has 0 atom stereocenters. The van der Waals surface area contributed by atoms with Gasteiger partial charge in [0.15, 0.2) is 0 Å². The summed E-state index contributed by atoms with van der Waals surface area (Å²) >= 11 is 0. The molecule has 3 aromatic carbocycles. The molecule has 0 amide bonds. The fourth-order valence-electron chi connectivity index (χ4n) is 2.75. The van der Waals surface area contributed by atoms with Crippen molar-refractivity contribution in [2.75, 3.05) is 7.11 Å². The molecular weight excluding hydrogens is 338 g/mol. The van der Waals surface area contributed by atoms with Crippen molar-refractivity contribution in [3.63, 3.8) is 0 Å². The zero-order chi connectivity index (χ0) is 19.2. The van der Waals surface area contributed by atoms with E-state index in [1.54, 1.807) is 24.3 Å². The highest BCUT2D eigenvalue weighted by Gasteiger charge is 2.11. The summed E-state index contributed by atoms with van der Waals surface area (Å²) in [7, 11) is 1.35. The number of esters is 1. The van der Waals surface area contributed by atoms with Crippen LogP contribution in [0.25, 0.3) is 11.1 Å². The van der Waals surface area contributed by atoms with Crippen molar-refractivity contribution in [1.29, 1.82) is 5.26 Å². The molecule has 27 heavy (non-hydrogen) atoms. The number of nitriles is 1. The smallest absolute Gasteiger partial charge is 0.337 e. The number of carbonyl (C=O) groups excluding carboxylic acids is 1. The molecule has 0 aliphatic rings. The number of nitrogens with zero attached hydrogens (tertiary/aromatic N) is 1. The molecule has 4 heteroatoms. The maximum atomic E-state index is 12.1. The van der Waals surface area contributed by atoms with Crippen molar-refractivity contribution < 1.29 is 14.3 Å². The molecular formula is C23H19NO3. The lowest BCUT2D eigenvalue weighted by molar-refractivity contribution is 0.0600. The number of hydrogen-bond acceptors (Lipinski definition) is 4. The number of carbonyl (C=O) groups is 1. The van der Waals surface area contributed by atoms with Crippen molar-refractivity contribution in [1.82, 2.24) is 0 Å². The van der Waals surface area contributed by atoms with Crippen LogP contribution in [0.2, 0.25) is 0 Å². The normalized spacial score (nSPS) is 10.1. The lowest BCUT2D eigenvalue weighted by atomic mass is 9.98. The van der Waals surface area contributed by atoms with E-state index in [4.69, 9.17) is 14.7 Å². The Bertz CT molecular complexity index is 1000. The second-order valence-corrected chi connectivity index (χ2v) is 6.20. The number of hydrogen-bond donors (Lipinski definition) is 0. The molecule has 0 bridgehead atoms. The van der Waals surface area contributed by atoms with Crippen molar-refractivity contribution in [3.05, 3.63) is 89.0 Å². The molecule has 0 aliphatic heterocycles. The van der Waals surface area contributed by atoms with Crippen LogP contribution in [0, 0.1) is 18.3 Å². The first-order valence-electron chi connectivity index (χ1n) is 8.51. The summed E-state index contributed by atoms with van der Waals surface area (Å²) in [6.45, 7) is 2.34. The lowest BCUT2D eigenvalue weighted by Crippen LogP contribution is -2.04. The molecule has 0 aliphatic carbocycles. The zero-order valence-electron chi connectivity index (χ0n) is 15.2. The van der Waals surface area contributed by atoms with Crippen LogP contribution in [0.5, 0.6) is 5.75 Å². The van der Waals surface area contributed by atoms with Crippen LogP contribution < -0.4 is 4.74 Å². The fraction of sp³-hybridized carbons (Fsp3) is 0.130. The van der Waals surface area contributed by atoms with Gasteiger partial charge in [0.25, 0.3) is 0 Å². The van der Waals surface area contributed by atoms with Crippen LogP contribution in [0.1, 0.15) is 27.0 Å². The second kappa shape index (κ2) is 8.20. The van der Waals surface area contributed by atoms with E-state index < -0.39 is 5.97 Å². The predicted octanol–water partition coefficient (Wildman–Crippen LogP) is 4.90. The van der Waals surface area contributed by atoms with Crippen molar-refractivity contribution in [2.24, 2.45) is 0 Å². The Hall–Kier alpha value is -3.58. The molecule has 3 rings (SSSR count). The van der Waals surface area contributed by atoms with Crippen LogP contribution >= 0.6 is 0 Å². The maximum absolute atomic E-state index is 12.1. The highest BCUT2D eigenvalue weighted by atomic mass is 16.5. The van der Waals surface area contributed by atoms with Crippen LogP contribution in [0.15, 0.2) is 66.7 Å². The monoisotopic (exact) mass is 357 g/mol. The Labute approximate surface area is 158 Å². The zero-order valence-corrected chi connectivity index (χ0v) is 15.2. The lowest BCUT2D eigenvalue weighted by Gasteiger charge is -2.11. The van der Waals surface area contributed by atoms with Crippen molar-refractivity contribution in [3.8, 4) is 22.9 Å². The molecule has 0 fully saturated rings. The van der Waals surface area contributed by atoms with Gasteiger partial charge in [-0.3, -0.25) is 0 Å². The number of aryl methyl sites for hydroxylation is 1. The summed E-state index contributed by atoms with van der Waals surface area (Å²) in [4.78, 5) is 12.1. The summed E-state index contributed by atoms with van der Waals surface area (Å²) in [5.74, 6) is 0.349. The van der Waals surface area contributed by atoms with Gasteiger partial charge in [-0.1, -0.05) is 29.8 Å². The first kappa shape index (κ1) is 18.2. The molecule has 0 radical (unpaired) electrons. The van der Waals surface area contributed by atoms with Crippen molar-refractivity contribution >= 4 is 5.97 Å². The third kappa shape index (κ3) is 4.53. The summed E-state index contributed by atoms with van der Waals surface area (Å²) in [5, 5.41) is 9.13. The molecule has 0 spiro atoms. The molecule has 134 valence electrons. The van der Waals surface area contributed by atoms with Gasteiger partial charge in [0, 0.05) is 0 Å². The van der Waals surface area contributed by atoms with Gasteiger partial charge in [-0.25, -0.2) is 4.79 Å². The number of methoxy groups -OCH3 is 1. The van der Waals surface area contributed by atoms with Gasteiger partial charge in [0.05, 0.1) is 24.3 Å². The summed E-state index contributed by atoms with van der Waals surface area (Å²) in [6, 6.07) is 22.7. The Balaban J connectivity index is 1.94. The Kier molecular flexibility index (Phi) is 5.53. The number of rotatable bonds is 5. The molecule has 0 saturated heterocycles. The maximum Gasteiger partial charge on any atom is 0.337 e. The van der Waals surface area contributed by atoms with Gasteiger partial charge < -0.3 is 9.47 Å². The molecule has 0 heterocycles. The van der Waals surface area contributed by atoms with Gasteiger partial charge in [-0.2, -0.15) is 5.26 Å². The quantitative estimate of drug-likeness (QED) is 0.610. The average Bonchev–Trinajstić information content (AvgIpc) is 2.72. The van der Waals surface area contributed by atoms with Gasteiger partial charge in [0.2, 0.25) is 0 Å². The Morgan fingerprint density at radius 2 is 1.78 bits per heavy atom. The van der Waals surface area contributed by atoms with E-state index in [2.05, 4.69) is 6.07 Å². The Morgan fingerprint density at radius 3 is 2.48 bits per heavy atom. The van der Waals surface area contributed by atoms with Crippen LogP contribution in [-0.4, -0.2) is 13.1 Å². The van der Waals surface area contributed by atoms with E-state index in [1.807, 2.05) is 49.4 Å². The fourth-order valence-corrected chi connectivity index (χ4v) is 2.75. The van der Waals surface area contributed by atoms with Crippen LogP contribution in [0.3, 0.4) is 0 Å². The largest absolute Gasteiger partial charge is 0.489 e. The minimum Gasteiger partial charge on any atom is -0.489 e. The summed E-state index contributed by atoms with van der Waals surface area (Å²) < 4.78 is 10.7. The molecule has 0 unspecified atom stereocenters. The van der Waals surface area contributed by atoms with E-state index in [0.717, 1.165) is 28.0 Å². The minimum atomic E-state index is -0.412. The van der Waals surface area contributed by atoms with Crippen molar-refractivity contribution in [2.45, 2.75) is 13.5 Å². The van der Waals surface area contributed by atoms with Gasteiger partial charge in [-0.05, 0) is 66.1 Å². The standard InChI is InChI=1S/C23H19NO3/c1-16-6-8-22(9-7-16)27-15-18-11-20(13-21(12-18)23(25)26-2)19-5-3-4-17(10-19)14-24/h3-13H,15H2,1-2H3. The van der Waals surface area contributed by atoms with Crippen LogP contribution in [0.4, 0.5) is 0 Å². The van der Waals surface area contributed by atoms with E-state index in [0.29, 0.717) is 17.7 Å². The van der Waals surface area contributed by atoms with E-state index in [-0.39, 0.29) is 0 Å². The molecule has 4 nitrogen and oxygen atoms in total. The van der Waals surface area contributed by atoms with E-state index in [9.17, 15) is 4.79 Å². The highest BCUT2D eigenvalue weighted by molar-refractivity contribution is 5.91. The third-order valence-electron chi connectivity index (χ3n) is 4.17. The first-order chi connectivity index (χ1) is 13.1. The van der Waals surface area contributed by atoms with Gasteiger partial charge >= 0.3 is 5.97 Å². The van der Waals surface area contributed by atoms with E-state index in [1.165, 1.54) is 7.11 Å². The Morgan fingerprint density at radius 1 is 1.00 bits per heavy atom. The number of benzene rings is 3. The molecule has 3 aromatic rings.